The van der Waals surface area contributed by atoms with Crippen molar-refractivity contribution in [1.29, 1.82) is 0 Å². The Morgan fingerprint density at radius 1 is 0.453 bits per heavy atom. The summed E-state index contributed by atoms with van der Waals surface area (Å²) < 4.78 is 27.3. The van der Waals surface area contributed by atoms with E-state index in [0.29, 0.717) is 82.3 Å². The molecule has 14 nitrogen and oxygen atoms in total. The lowest BCUT2D eigenvalue weighted by Crippen LogP contribution is -2.55. The van der Waals surface area contributed by atoms with Gasteiger partial charge < -0.3 is 31.9 Å². The Balaban J connectivity index is 0.792. The number of hydrogen-bond donors (Lipinski definition) is 6. The van der Waals surface area contributed by atoms with Crippen LogP contribution in [0.3, 0.4) is 0 Å². The molecule has 0 aromatic carbocycles. The molecular formula is C60H102N6O8S. The van der Waals surface area contributed by atoms with Crippen LogP contribution in [0.1, 0.15) is 221 Å². The molecular weight excluding hydrogens is 965 g/mol. The Bertz CT molecular complexity index is 1970. The predicted molar refractivity (Wildman–Crippen MR) is 297 cm³/mol. The standard InChI is InChI=1S/C60H102N6O8S/c1-41(2)24-50(19-23-75(73,74)40-60-36-47-30-48(37-60)32-49(31-47)38-60)64-57(71)52(26-43(5)6)66-58(72)51(25-42(3)4)65-55(69)18-12-9-14-21-62-53(67)16-10-7-13-20-61-54(68)17-11-8-15-22-63-56(70)39-59-33-44-27-45(34-59)29-46(28-44)35-59/h19,23,41-52H,7-18,20-22,24-40H2,1-6H3,(H,61,68)(H,62,67)(H,63,70)(H,64,71)(H,65,69)(H,66,72)/b23-19+/t44?,45?,46?,47?,48?,49?,50-,51+,52+,59?,60?/m1/s1. The van der Waals surface area contributed by atoms with Crippen molar-refractivity contribution in [3.05, 3.63) is 11.5 Å². The number of rotatable bonds is 35. The van der Waals surface area contributed by atoms with Crippen LogP contribution in [-0.4, -0.2) is 87.4 Å². The maximum atomic E-state index is 13.9. The zero-order valence-electron chi connectivity index (χ0n) is 47.4. The van der Waals surface area contributed by atoms with Crippen molar-refractivity contribution < 1.29 is 37.2 Å². The minimum atomic E-state index is -3.51. The second-order valence-corrected chi connectivity index (χ2v) is 28.7. The quantitative estimate of drug-likeness (QED) is 0.0336. The molecule has 0 saturated heterocycles. The van der Waals surface area contributed by atoms with Crippen molar-refractivity contribution in [2.24, 2.45) is 64.1 Å². The third-order valence-corrected chi connectivity index (χ3v) is 19.4. The second-order valence-electron chi connectivity index (χ2n) is 26.8. The van der Waals surface area contributed by atoms with Gasteiger partial charge in [-0.05, 0) is 199 Å². The second kappa shape index (κ2) is 28.9. The molecule has 8 aliphatic rings. The van der Waals surface area contributed by atoms with E-state index in [9.17, 15) is 37.2 Å². The molecule has 0 spiro atoms. The van der Waals surface area contributed by atoms with Gasteiger partial charge in [-0.3, -0.25) is 28.8 Å². The minimum Gasteiger partial charge on any atom is -0.356 e. The molecule has 75 heavy (non-hydrogen) atoms. The van der Waals surface area contributed by atoms with Gasteiger partial charge in [0.25, 0.3) is 0 Å². The van der Waals surface area contributed by atoms with Gasteiger partial charge in [-0.2, -0.15) is 0 Å². The zero-order valence-corrected chi connectivity index (χ0v) is 48.2. The lowest BCUT2D eigenvalue weighted by molar-refractivity contribution is -0.132. The third-order valence-electron chi connectivity index (χ3n) is 17.9. The van der Waals surface area contributed by atoms with E-state index < -0.39 is 33.9 Å². The highest BCUT2D eigenvalue weighted by atomic mass is 32.2. The van der Waals surface area contributed by atoms with Crippen LogP contribution in [0.25, 0.3) is 0 Å². The van der Waals surface area contributed by atoms with Crippen LogP contribution in [0.5, 0.6) is 0 Å². The van der Waals surface area contributed by atoms with Gasteiger partial charge in [0.1, 0.15) is 12.1 Å². The maximum Gasteiger partial charge on any atom is 0.243 e. The van der Waals surface area contributed by atoms with Crippen molar-refractivity contribution in [2.75, 3.05) is 25.4 Å². The van der Waals surface area contributed by atoms with Gasteiger partial charge in [-0.1, -0.05) is 66.9 Å². The number of carbonyl (C=O) groups excluding carboxylic acids is 6. The van der Waals surface area contributed by atoms with Gasteiger partial charge >= 0.3 is 0 Å². The largest absolute Gasteiger partial charge is 0.356 e. The molecule has 0 radical (unpaired) electrons. The highest BCUT2D eigenvalue weighted by Gasteiger charge is 2.53. The first-order valence-electron chi connectivity index (χ1n) is 30.3. The average molecular weight is 1070 g/mol. The van der Waals surface area contributed by atoms with Gasteiger partial charge in [0.2, 0.25) is 35.4 Å². The molecule has 8 bridgehead atoms. The van der Waals surface area contributed by atoms with Gasteiger partial charge in [-0.25, -0.2) is 8.42 Å². The van der Waals surface area contributed by atoms with Crippen LogP contribution in [0.4, 0.5) is 0 Å². The molecule has 8 rings (SSSR count). The fourth-order valence-corrected chi connectivity index (χ4v) is 17.3. The van der Waals surface area contributed by atoms with Gasteiger partial charge in [0.05, 0.1) is 5.75 Å². The lowest BCUT2D eigenvalue weighted by atomic mass is 9.49. The number of sulfone groups is 1. The molecule has 6 amide bonds. The third kappa shape index (κ3) is 20.7. The summed E-state index contributed by atoms with van der Waals surface area (Å²) in [5.74, 6) is 4.33. The summed E-state index contributed by atoms with van der Waals surface area (Å²) >= 11 is 0. The van der Waals surface area contributed by atoms with Gasteiger partial charge in [-0.15, -0.1) is 0 Å². The van der Waals surface area contributed by atoms with Crippen molar-refractivity contribution in [2.45, 2.75) is 239 Å². The zero-order chi connectivity index (χ0) is 54.2. The SMILES string of the molecule is CC(C)C[C@@H](/C=C/S(=O)(=O)CC12CC3CC(CC(C3)C1)C2)NC(=O)[C@H](CC(C)C)NC(=O)[C@H](CC(C)C)NC(=O)CCCCCNC(=O)CCCCCNC(=O)CCCCCNC(=O)CC12CC3CC(CC(C3)C1)C2. The molecule has 426 valence electrons. The highest BCUT2D eigenvalue weighted by molar-refractivity contribution is 7.94. The molecule has 0 heterocycles. The summed E-state index contributed by atoms with van der Waals surface area (Å²) in [4.78, 5) is 78.5. The first-order chi connectivity index (χ1) is 35.6. The summed E-state index contributed by atoms with van der Waals surface area (Å²) in [6, 6.07) is -2.20. The predicted octanol–water partition coefficient (Wildman–Crippen LogP) is 9.36. The van der Waals surface area contributed by atoms with Crippen molar-refractivity contribution in [1.82, 2.24) is 31.9 Å². The summed E-state index contributed by atoms with van der Waals surface area (Å²) in [6.07, 6.45) is 26.6. The highest BCUT2D eigenvalue weighted by Crippen LogP contribution is 2.62. The molecule has 3 atom stereocenters. The van der Waals surface area contributed by atoms with Crippen LogP contribution >= 0.6 is 0 Å². The molecule has 15 heteroatoms. The summed E-state index contributed by atoms with van der Waals surface area (Å²) in [6.45, 7) is 13.8. The Morgan fingerprint density at radius 3 is 1.25 bits per heavy atom. The Labute approximate surface area is 452 Å². The minimum absolute atomic E-state index is 0.00464. The Morgan fingerprint density at radius 2 is 0.827 bits per heavy atom. The fourth-order valence-electron chi connectivity index (χ4n) is 15.6. The van der Waals surface area contributed by atoms with Gasteiger partial charge in [0, 0.05) is 56.8 Å². The molecule has 8 fully saturated rings. The normalized spacial score (nSPS) is 27.6. The summed E-state index contributed by atoms with van der Waals surface area (Å²) in [7, 11) is -3.51. The molecule has 8 saturated carbocycles. The number of unbranched alkanes of at least 4 members (excludes halogenated alkanes) is 6. The number of nitrogens with one attached hydrogen (secondary N) is 6. The summed E-state index contributed by atoms with van der Waals surface area (Å²) in [5, 5.41) is 19.4. The molecule has 0 aromatic rings. The van der Waals surface area contributed by atoms with Crippen LogP contribution in [-0.2, 0) is 38.6 Å². The van der Waals surface area contributed by atoms with E-state index >= 15 is 0 Å². The number of hydrogen-bond acceptors (Lipinski definition) is 8. The number of amides is 6. The molecule has 6 N–H and O–H groups in total. The lowest BCUT2D eigenvalue weighted by Gasteiger charge is -2.56. The molecule has 0 aromatic heterocycles. The van der Waals surface area contributed by atoms with E-state index in [0.717, 1.165) is 88.4 Å². The topological polar surface area (TPSA) is 209 Å². The monoisotopic (exact) mass is 1070 g/mol. The Kier molecular flexibility index (Phi) is 23.4. The van der Waals surface area contributed by atoms with Crippen LogP contribution < -0.4 is 31.9 Å². The van der Waals surface area contributed by atoms with Crippen molar-refractivity contribution >= 4 is 45.3 Å². The maximum absolute atomic E-state index is 13.9. The average Bonchev–Trinajstić information content (AvgIpc) is 3.29. The first kappa shape index (κ1) is 60.7. The van der Waals surface area contributed by atoms with Crippen LogP contribution in [0, 0.1) is 64.1 Å². The number of carbonyl (C=O) groups is 6. The van der Waals surface area contributed by atoms with Gasteiger partial charge in [0.15, 0.2) is 9.84 Å². The van der Waals surface area contributed by atoms with Crippen molar-refractivity contribution in [3.63, 3.8) is 0 Å². The van der Waals surface area contributed by atoms with Crippen LogP contribution in [0.2, 0.25) is 0 Å². The van der Waals surface area contributed by atoms with E-state index in [4.69, 9.17) is 0 Å². The van der Waals surface area contributed by atoms with E-state index in [2.05, 4.69) is 31.9 Å². The molecule has 0 unspecified atom stereocenters. The summed E-state index contributed by atoms with van der Waals surface area (Å²) in [5.41, 5.74) is 0.153. The first-order valence-corrected chi connectivity index (χ1v) is 32.0. The van der Waals surface area contributed by atoms with E-state index in [1.807, 2.05) is 41.5 Å². The molecule has 8 aliphatic carbocycles. The van der Waals surface area contributed by atoms with Crippen LogP contribution in [0.15, 0.2) is 11.5 Å². The smallest absolute Gasteiger partial charge is 0.243 e. The Hall–Kier alpha value is -3.49. The van der Waals surface area contributed by atoms with Crippen molar-refractivity contribution in [3.8, 4) is 0 Å². The fraction of sp³-hybridized carbons (Fsp3) is 0.867. The molecule has 0 aliphatic heterocycles. The van der Waals surface area contributed by atoms with E-state index in [1.54, 1.807) is 6.08 Å². The van der Waals surface area contributed by atoms with E-state index in [-0.39, 0.29) is 70.3 Å². The van der Waals surface area contributed by atoms with E-state index in [1.165, 1.54) is 63.2 Å².